The molecule has 2 N–H and O–H groups in total. The number of hydrogen-bond acceptors (Lipinski definition) is 5. The Kier molecular flexibility index (Phi) is 3.91. The van der Waals surface area contributed by atoms with Gasteiger partial charge in [-0.25, -0.2) is 9.48 Å². The second kappa shape index (κ2) is 5.62. The Balaban J connectivity index is 2.37. The van der Waals surface area contributed by atoms with Crippen molar-refractivity contribution in [3.8, 4) is 5.69 Å². The van der Waals surface area contributed by atoms with Crippen molar-refractivity contribution in [1.82, 2.24) is 15.0 Å². The van der Waals surface area contributed by atoms with E-state index in [1.165, 1.54) is 7.11 Å². The van der Waals surface area contributed by atoms with Gasteiger partial charge in [-0.05, 0) is 30.7 Å². The Morgan fingerprint density at radius 1 is 1.37 bits per heavy atom. The molecular weight excluding hydrogens is 244 g/mol. The number of nitrogens with two attached hydrogens (primary N) is 1. The maximum Gasteiger partial charge on any atom is 0.337 e. The van der Waals surface area contributed by atoms with Gasteiger partial charge in [0.25, 0.3) is 0 Å². The molecule has 0 saturated heterocycles. The summed E-state index contributed by atoms with van der Waals surface area (Å²) in [5, 5.41) is 8.15. The molecule has 6 heteroatoms. The van der Waals surface area contributed by atoms with Gasteiger partial charge in [0.05, 0.1) is 29.7 Å². The Bertz CT molecular complexity index is 575. The number of esters is 1. The summed E-state index contributed by atoms with van der Waals surface area (Å²) in [5.41, 5.74) is 8.74. The first-order valence-corrected chi connectivity index (χ1v) is 6.03. The van der Waals surface area contributed by atoms with E-state index in [1.54, 1.807) is 28.9 Å². The summed E-state index contributed by atoms with van der Waals surface area (Å²) in [6.45, 7) is 2.39. The van der Waals surface area contributed by atoms with Gasteiger partial charge in [0, 0.05) is 6.54 Å². The van der Waals surface area contributed by atoms with E-state index in [2.05, 4.69) is 15.0 Å². The molecule has 0 aliphatic rings. The lowest BCUT2D eigenvalue weighted by Gasteiger charge is -2.06. The number of nitrogens with zero attached hydrogens (tertiary/aromatic N) is 3. The minimum atomic E-state index is -0.358. The van der Waals surface area contributed by atoms with Crippen LogP contribution in [0.5, 0.6) is 0 Å². The molecule has 6 nitrogen and oxygen atoms in total. The van der Waals surface area contributed by atoms with E-state index >= 15 is 0 Å². The van der Waals surface area contributed by atoms with Gasteiger partial charge >= 0.3 is 5.97 Å². The molecule has 0 bridgehead atoms. The normalized spacial score (nSPS) is 10.5. The van der Waals surface area contributed by atoms with Crippen LogP contribution < -0.4 is 5.73 Å². The SMILES string of the molecule is CCc1c(CN)nnn1-c1ccc(C(=O)OC)cc1. The molecule has 1 heterocycles. The van der Waals surface area contributed by atoms with Crippen molar-refractivity contribution in [2.24, 2.45) is 5.73 Å². The van der Waals surface area contributed by atoms with Crippen LogP contribution in [0.2, 0.25) is 0 Å². The molecule has 0 aliphatic heterocycles. The molecule has 2 aromatic rings. The smallest absolute Gasteiger partial charge is 0.337 e. The van der Waals surface area contributed by atoms with E-state index in [1.807, 2.05) is 6.92 Å². The largest absolute Gasteiger partial charge is 0.465 e. The van der Waals surface area contributed by atoms with Crippen molar-refractivity contribution in [3.05, 3.63) is 41.2 Å². The number of aromatic nitrogens is 3. The van der Waals surface area contributed by atoms with Crippen LogP contribution >= 0.6 is 0 Å². The van der Waals surface area contributed by atoms with Gasteiger partial charge < -0.3 is 10.5 Å². The summed E-state index contributed by atoms with van der Waals surface area (Å²) in [6.07, 6.45) is 0.790. The number of ether oxygens (including phenoxy) is 1. The average molecular weight is 260 g/mol. The topological polar surface area (TPSA) is 83.0 Å². The summed E-state index contributed by atoms with van der Waals surface area (Å²) < 4.78 is 6.40. The average Bonchev–Trinajstić information content (AvgIpc) is 2.89. The lowest BCUT2D eigenvalue weighted by atomic mass is 10.2. The van der Waals surface area contributed by atoms with Crippen LogP contribution in [0.3, 0.4) is 0 Å². The lowest BCUT2D eigenvalue weighted by Crippen LogP contribution is -2.06. The number of hydrogen-bond donors (Lipinski definition) is 1. The minimum Gasteiger partial charge on any atom is -0.465 e. The molecular formula is C13H16N4O2. The first kappa shape index (κ1) is 13.2. The van der Waals surface area contributed by atoms with Crippen molar-refractivity contribution >= 4 is 5.97 Å². The third kappa shape index (κ3) is 2.48. The standard InChI is InChI=1S/C13H16N4O2/c1-3-12-11(8-14)15-16-17(12)10-6-4-9(5-7-10)13(18)19-2/h4-7H,3,8,14H2,1-2H3. The highest BCUT2D eigenvalue weighted by atomic mass is 16.5. The van der Waals surface area contributed by atoms with Crippen LogP contribution in [-0.4, -0.2) is 28.1 Å². The molecule has 0 unspecified atom stereocenters. The highest BCUT2D eigenvalue weighted by Crippen LogP contribution is 2.14. The maximum atomic E-state index is 11.4. The Hall–Kier alpha value is -2.21. The van der Waals surface area contributed by atoms with Gasteiger partial charge in [0.15, 0.2) is 0 Å². The summed E-state index contributed by atoms with van der Waals surface area (Å²) in [5.74, 6) is -0.358. The monoisotopic (exact) mass is 260 g/mol. The zero-order chi connectivity index (χ0) is 13.8. The van der Waals surface area contributed by atoms with Crippen LogP contribution in [0.1, 0.15) is 28.7 Å². The first-order valence-electron chi connectivity index (χ1n) is 6.03. The highest BCUT2D eigenvalue weighted by molar-refractivity contribution is 5.89. The molecule has 0 aliphatic carbocycles. The molecule has 19 heavy (non-hydrogen) atoms. The van der Waals surface area contributed by atoms with Crippen LogP contribution in [0.25, 0.3) is 5.69 Å². The van der Waals surface area contributed by atoms with Crippen molar-refractivity contribution in [2.75, 3.05) is 7.11 Å². The van der Waals surface area contributed by atoms with Crippen LogP contribution in [0, 0.1) is 0 Å². The predicted molar refractivity (Wildman–Crippen MR) is 70.0 cm³/mol. The lowest BCUT2D eigenvalue weighted by molar-refractivity contribution is 0.0601. The van der Waals surface area contributed by atoms with Crippen molar-refractivity contribution < 1.29 is 9.53 Å². The molecule has 0 radical (unpaired) electrons. The van der Waals surface area contributed by atoms with Gasteiger partial charge in [-0.1, -0.05) is 12.1 Å². The van der Waals surface area contributed by atoms with Crippen LogP contribution in [0.4, 0.5) is 0 Å². The van der Waals surface area contributed by atoms with Gasteiger partial charge in [-0.3, -0.25) is 0 Å². The number of carbonyl (C=O) groups excluding carboxylic acids is 1. The fourth-order valence-corrected chi connectivity index (χ4v) is 1.91. The first-order chi connectivity index (χ1) is 9.21. The molecule has 1 aromatic carbocycles. The second-order valence-electron chi connectivity index (χ2n) is 3.99. The van der Waals surface area contributed by atoms with Gasteiger partial charge in [-0.15, -0.1) is 5.10 Å². The molecule has 0 amide bonds. The fraction of sp³-hybridized carbons (Fsp3) is 0.308. The van der Waals surface area contributed by atoms with Crippen LogP contribution in [0.15, 0.2) is 24.3 Å². The summed E-state index contributed by atoms with van der Waals surface area (Å²) in [7, 11) is 1.36. The number of methoxy groups -OCH3 is 1. The molecule has 1 aromatic heterocycles. The highest BCUT2D eigenvalue weighted by Gasteiger charge is 2.12. The van der Waals surface area contributed by atoms with E-state index < -0.39 is 0 Å². The molecule has 100 valence electrons. The zero-order valence-electron chi connectivity index (χ0n) is 11.0. The van der Waals surface area contributed by atoms with Gasteiger partial charge in [0.1, 0.15) is 0 Å². The maximum absolute atomic E-state index is 11.4. The fourth-order valence-electron chi connectivity index (χ4n) is 1.91. The van der Waals surface area contributed by atoms with Crippen molar-refractivity contribution in [2.45, 2.75) is 19.9 Å². The Morgan fingerprint density at radius 2 is 2.05 bits per heavy atom. The van der Waals surface area contributed by atoms with Crippen molar-refractivity contribution in [3.63, 3.8) is 0 Å². The summed E-state index contributed by atoms with van der Waals surface area (Å²) in [4.78, 5) is 11.4. The molecule has 0 saturated carbocycles. The van der Waals surface area contributed by atoms with E-state index in [4.69, 9.17) is 5.73 Å². The van der Waals surface area contributed by atoms with Gasteiger partial charge in [-0.2, -0.15) is 0 Å². The van der Waals surface area contributed by atoms with Crippen molar-refractivity contribution in [1.29, 1.82) is 0 Å². The Labute approximate surface area is 111 Å². The number of carbonyl (C=O) groups is 1. The van der Waals surface area contributed by atoms with E-state index in [-0.39, 0.29) is 5.97 Å². The second-order valence-corrected chi connectivity index (χ2v) is 3.99. The summed E-state index contributed by atoms with van der Waals surface area (Å²) in [6, 6.07) is 7.01. The summed E-state index contributed by atoms with van der Waals surface area (Å²) >= 11 is 0. The Morgan fingerprint density at radius 3 is 2.58 bits per heavy atom. The van der Waals surface area contributed by atoms with Crippen LogP contribution in [-0.2, 0) is 17.7 Å². The third-order valence-electron chi connectivity index (χ3n) is 2.90. The van der Waals surface area contributed by atoms with E-state index in [9.17, 15) is 4.79 Å². The minimum absolute atomic E-state index is 0.358. The number of rotatable bonds is 4. The molecule has 0 spiro atoms. The van der Waals surface area contributed by atoms with E-state index in [0.717, 1.165) is 23.5 Å². The quantitative estimate of drug-likeness (QED) is 0.831. The predicted octanol–water partition coefficient (Wildman–Crippen LogP) is 1.07. The molecule has 0 fully saturated rings. The zero-order valence-corrected chi connectivity index (χ0v) is 11.0. The molecule has 2 rings (SSSR count). The van der Waals surface area contributed by atoms with E-state index in [0.29, 0.717) is 12.1 Å². The third-order valence-corrected chi connectivity index (χ3v) is 2.90. The number of benzene rings is 1. The van der Waals surface area contributed by atoms with Gasteiger partial charge in [0.2, 0.25) is 0 Å². The molecule has 0 atom stereocenters.